The fourth-order valence-electron chi connectivity index (χ4n) is 5.56. The largest absolute Gasteiger partial charge is 0.481 e. The highest BCUT2D eigenvalue weighted by molar-refractivity contribution is 5.76. The van der Waals surface area contributed by atoms with E-state index in [1.165, 1.54) is 0 Å². The molecule has 3 N–H and O–H groups in total. The molecular weight excluding hydrogens is 512 g/mol. The van der Waals surface area contributed by atoms with Crippen LogP contribution in [0, 0.1) is 5.92 Å². The first kappa shape index (κ1) is 30.1. The number of likely N-dealkylation sites (tertiary alicyclic amines) is 1. The molecule has 2 saturated heterocycles. The number of rotatable bonds is 13. The molecule has 2 aromatic carbocycles. The molecule has 9 nitrogen and oxygen atoms in total. The van der Waals surface area contributed by atoms with Gasteiger partial charge in [0.15, 0.2) is 6.29 Å². The maximum Gasteiger partial charge on any atom is 0.303 e. The van der Waals surface area contributed by atoms with Crippen molar-refractivity contribution in [1.82, 2.24) is 10.2 Å². The van der Waals surface area contributed by atoms with Gasteiger partial charge >= 0.3 is 5.97 Å². The summed E-state index contributed by atoms with van der Waals surface area (Å²) in [5.41, 5.74) is 3.76. The van der Waals surface area contributed by atoms with Crippen LogP contribution in [0.2, 0.25) is 0 Å². The first-order chi connectivity index (χ1) is 19.4. The number of nitrogens with zero attached hydrogens (tertiary/aromatic N) is 1. The van der Waals surface area contributed by atoms with E-state index in [0.29, 0.717) is 25.6 Å². The van der Waals surface area contributed by atoms with Gasteiger partial charge in [-0.05, 0) is 42.5 Å². The van der Waals surface area contributed by atoms with Gasteiger partial charge < -0.3 is 29.7 Å². The fraction of sp³-hybridized carbons (Fsp3) is 0.548. The SMILES string of the molecule is COCC1CCCN1CC1OC(c2ccc(CNC(=O)CCCC(=O)O)cc2)OC(c2ccc(CO)cc2)C1C. The molecule has 2 aromatic rings. The smallest absolute Gasteiger partial charge is 0.303 e. The predicted molar refractivity (Wildman–Crippen MR) is 149 cm³/mol. The average Bonchev–Trinajstić information content (AvgIpc) is 3.40. The van der Waals surface area contributed by atoms with E-state index in [0.717, 1.165) is 48.2 Å². The Labute approximate surface area is 236 Å². The highest BCUT2D eigenvalue weighted by atomic mass is 16.7. The van der Waals surface area contributed by atoms with Gasteiger partial charge in [-0.1, -0.05) is 55.5 Å². The van der Waals surface area contributed by atoms with Crippen molar-refractivity contribution in [2.75, 3.05) is 26.8 Å². The standard InChI is InChI=1S/C31H42N2O7/c1-21-27(18-33-16-4-5-26(33)20-38-2)39-31(40-30(21)24-12-10-23(19-34)11-13-24)25-14-8-22(9-15-25)17-32-28(35)6-3-7-29(36)37/h8-15,21,26-27,30-31,34H,3-7,16-20H2,1-2H3,(H,32,35)(H,36,37). The second kappa shape index (κ2) is 14.7. The summed E-state index contributed by atoms with van der Waals surface area (Å²) in [4.78, 5) is 25.1. The first-order valence-electron chi connectivity index (χ1n) is 14.2. The van der Waals surface area contributed by atoms with Crippen LogP contribution < -0.4 is 5.32 Å². The Morgan fingerprint density at radius 3 is 2.40 bits per heavy atom. The van der Waals surface area contributed by atoms with Crippen molar-refractivity contribution in [3.8, 4) is 0 Å². The summed E-state index contributed by atoms with van der Waals surface area (Å²) < 4.78 is 18.7. The Bertz CT molecular complexity index is 1090. The molecule has 1 amide bonds. The maximum absolute atomic E-state index is 12.0. The molecule has 5 atom stereocenters. The zero-order chi connectivity index (χ0) is 28.5. The van der Waals surface area contributed by atoms with Crippen LogP contribution in [0.15, 0.2) is 48.5 Å². The third-order valence-electron chi connectivity index (χ3n) is 7.93. The van der Waals surface area contributed by atoms with Gasteiger partial charge in [-0.3, -0.25) is 14.5 Å². The molecule has 0 aliphatic carbocycles. The number of carbonyl (C=O) groups excluding carboxylic acids is 1. The number of aliphatic hydroxyl groups is 1. The summed E-state index contributed by atoms with van der Waals surface area (Å²) in [6, 6.07) is 16.2. The molecule has 40 heavy (non-hydrogen) atoms. The number of nitrogens with one attached hydrogen (secondary N) is 1. The number of hydrogen-bond donors (Lipinski definition) is 3. The number of benzene rings is 2. The van der Waals surface area contributed by atoms with Crippen LogP contribution in [0.25, 0.3) is 0 Å². The van der Waals surface area contributed by atoms with Gasteiger partial charge in [0.25, 0.3) is 0 Å². The van der Waals surface area contributed by atoms with Crippen molar-refractivity contribution in [2.24, 2.45) is 5.92 Å². The summed E-state index contributed by atoms with van der Waals surface area (Å²) in [6.45, 7) is 5.08. The maximum atomic E-state index is 12.0. The van der Waals surface area contributed by atoms with E-state index in [1.54, 1.807) is 7.11 Å². The van der Waals surface area contributed by atoms with Crippen molar-refractivity contribution >= 4 is 11.9 Å². The summed E-state index contributed by atoms with van der Waals surface area (Å²) in [7, 11) is 1.75. The Morgan fingerprint density at radius 2 is 1.73 bits per heavy atom. The van der Waals surface area contributed by atoms with Crippen molar-refractivity contribution in [1.29, 1.82) is 0 Å². The number of carboxylic acids is 1. The van der Waals surface area contributed by atoms with Gasteiger partial charge in [0.1, 0.15) is 0 Å². The van der Waals surface area contributed by atoms with E-state index in [4.69, 9.17) is 19.3 Å². The molecule has 218 valence electrons. The summed E-state index contributed by atoms with van der Waals surface area (Å²) in [5.74, 6) is -0.952. The Balaban J connectivity index is 1.45. The highest BCUT2D eigenvalue weighted by Crippen LogP contribution is 2.42. The molecule has 4 rings (SSSR count). The molecule has 0 radical (unpaired) electrons. The van der Waals surface area contributed by atoms with E-state index in [9.17, 15) is 14.7 Å². The number of hydrogen-bond acceptors (Lipinski definition) is 7. The lowest BCUT2D eigenvalue weighted by Crippen LogP contribution is -2.46. The lowest BCUT2D eigenvalue weighted by molar-refractivity contribution is -0.276. The predicted octanol–water partition coefficient (Wildman–Crippen LogP) is 3.95. The zero-order valence-corrected chi connectivity index (χ0v) is 23.5. The van der Waals surface area contributed by atoms with E-state index in [2.05, 4.69) is 17.1 Å². The average molecular weight is 555 g/mol. The highest BCUT2D eigenvalue weighted by Gasteiger charge is 2.40. The van der Waals surface area contributed by atoms with Crippen molar-refractivity contribution in [2.45, 2.75) is 76.7 Å². The normalized spacial score (nSPS) is 25.1. The summed E-state index contributed by atoms with van der Waals surface area (Å²) in [5, 5.41) is 21.1. The molecule has 0 aromatic heterocycles. The van der Waals surface area contributed by atoms with Crippen LogP contribution in [0.1, 0.15) is 73.7 Å². The van der Waals surface area contributed by atoms with Crippen LogP contribution in [0.3, 0.4) is 0 Å². The van der Waals surface area contributed by atoms with Gasteiger partial charge in [-0.15, -0.1) is 0 Å². The second-order valence-electron chi connectivity index (χ2n) is 10.8. The minimum Gasteiger partial charge on any atom is -0.481 e. The molecular formula is C31H42N2O7. The zero-order valence-electron chi connectivity index (χ0n) is 23.5. The molecule has 0 bridgehead atoms. The minimum atomic E-state index is -0.896. The Hall–Kier alpha value is -2.82. The van der Waals surface area contributed by atoms with Gasteiger partial charge in [0.05, 0.1) is 25.4 Å². The number of aliphatic hydroxyl groups excluding tert-OH is 1. The van der Waals surface area contributed by atoms with Gasteiger partial charge in [-0.2, -0.15) is 0 Å². The van der Waals surface area contributed by atoms with Gasteiger partial charge in [0, 0.05) is 50.6 Å². The van der Waals surface area contributed by atoms with E-state index in [1.807, 2.05) is 48.5 Å². The van der Waals surface area contributed by atoms with Crippen molar-refractivity contribution < 1.29 is 34.0 Å². The topological polar surface area (TPSA) is 118 Å². The summed E-state index contributed by atoms with van der Waals surface area (Å²) >= 11 is 0. The van der Waals surface area contributed by atoms with Gasteiger partial charge in [-0.25, -0.2) is 0 Å². The number of carboxylic acid groups (broad SMARTS) is 1. The van der Waals surface area contributed by atoms with Crippen LogP contribution in [-0.4, -0.2) is 65.9 Å². The lowest BCUT2D eigenvalue weighted by Gasteiger charge is -2.43. The van der Waals surface area contributed by atoms with Gasteiger partial charge in [0.2, 0.25) is 5.91 Å². The molecule has 9 heteroatoms. The fourth-order valence-corrected chi connectivity index (χ4v) is 5.56. The molecule has 2 aliphatic heterocycles. The van der Waals surface area contributed by atoms with Crippen molar-refractivity contribution in [3.63, 3.8) is 0 Å². The number of carbonyl (C=O) groups is 2. The number of ether oxygens (including phenoxy) is 3. The molecule has 2 heterocycles. The minimum absolute atomic E-state index is 0.000698. The molecule has 5 unspecified atom stereocenters. The van der Waals surface area contributed by atoms with E-state index >= 15 is 0 Å². The number of aliphatic carboxylic acids is 1. The van der Waals surface area contributed by atoms with E-state index < -0.39 is 12.3 Å². The first-order valence-corrected chi connectivity index (χ1v) is 14.2. The molecule has 0 spiro atoms. The van der Waals surface area contributed by atoms with Crippen LogP contribution in [0.5, 0.6) is 0 Å². The van der Waals surface area contributed by atoms with E-state index in [-0.39, 0.29) is 43.5 Å². The van der Waals surface area contributed by atoms with Crippen LogP contribution in [-0.2, 0) is 37.0 Å². The number of amides is 1. The number of methoxy groups -OCH3 is 1. The van der Waals surface area contributed by atoms with Crippen LogP contribution in [0.4, 0.5) is 0 Å². The van der Waals surface area contributed by atoms with Crippen molar-refractivity contribution in [3.05, 3.63) is 70.8 Å². The second-order valence-corrected chi connectivity index (χ2v) is 10.8. The Kier molecular flexibility index (Phi) is 11.1. The Morgan fingerprint density at radius 1 is 1.02 bits per heavy atom. The van der Waals surface area contributed by atoms with Crippen LogP contribution >= 0.6 is 0 Å². The monoisotopic (exact) mass is 554 g/mol. The quantitative estimate of drug-likeness (QED) is 0.341. The molecule has 2 fully saturated rings. The molecule has 0 saturated carbocycles. The summed E-state index contributed by atoms with van der Waals surface area (Å²) in [6.07, 6.45) is 2.00. The lowest BCUT2D eigenvalue weighted by atomic mass is 9.90. The third-order valence-corrected chi connectivity index (χ3v) is 7.93. The third kappa shape index (κ3) is 8.11. The molecule has 2 aliphatic rings.